The van der Waals surface area contributed by atoms with Crippen LogP contribution in [0.4, 0.5) is 0 Å². The molecule has 0 bridgehead atoms. The van der Waals surface area contributed by atoms with Gasteiger partial charge in [-0.2, -0.15) is 0 Å². The highest BCUT2D eigenvalue weighted by molar-refractivity contribution is 4.86. The third kappa shape index (κ3) is 7.58. The van der Waals surface area contributed by atoms with Crippen LogP contribution in [0.25, 0.3) is 0 Å². The highest BCUT2D eigenvalue weighted by Gasteiger charge is 2.33. The highest BCUT2D eigenvalue weighted by atomic mass is 16.5. The molecule has 4 heteroatoms. The summed E-state index contributed by atoms with van der Waals surface area (Å²) in [5, 5.41) is 3.64. The summed E-state index contributed by atoms with van der Waals surface area (Å²) in [7, 11) is 1.73. The number of hydrogen-bond donors (Lipinski definition) is 1. The fourth-order valence-corrected chi connectivity index (χ4v) is 2.48. The summed E-state index contributed by atoms with van der Waals surface area (Å²) >= 11 is 0. The Balaban J connectivity index is 2.31. The summed E-state index contributed by atoms with van der Waals surface area (Å²) in [6.45, 7) is 11.8. The van der Waals surface area contributed by atoms with Crippen molar-refractivity contribution in [1.29, 1.82) is 0 Å². The van der Waals surface area contributed by atoms with Gasteiger partial charge in [0.25, 0.3) is 0 Å². The summed E-state index contributed by atoms with van der Waals surface area (Å²) in [5.41, 5.74) is 0.399. The Labute approximate surface area is 124 Å². The first kappa shape index (κ1) is 17.9. The lowest BCUT2D eigenvalue weighted by molar-refractivity contribution is -0.0305. The van der Waals surface area contributed by atoms with E-state index >= 15 is 0 Å². The van der Waals surface area contributed by atoms with Gasteiger partial charge in [-0.3, -0.25) is 0 Å². The van der Waals surface area contributed by atoms with Crippen molar-refractivity contribution >= 4 is 0 Å². The van der Waals surface area contributed by atoms with Crippen LogP contribution in [-0.4, -0.2) is 52.2 Å². The molecule has 1 unspecified atom stereocenters. The van der Waals surface area contributed by atoms with Crippen LogP contribution >= 0.6 is 0 Å². The molecule has 1 aliphatic heterocycles. The lowest BCUT2D eigenvalue weighted by atomic mass is 9.79. The molecule has 0 saturated carbocycles. The molecule has 1 heterocycles. The van der Waals surface area contributed by atoms with Crippen molar-refractivity contribution < 1.29 is 14.2 Å². The van der Waals surface area contributed by atoms with Gasteiger partial charge < -0.3 is 19.5 Å². The number of rotatable bonds is 9. The van der Waals surface area contributed by atoms with Gasteiger partial charge in [-0.05, 0) is 46.5 Å². The minimum Gasteiger partial charge on any atom is -0.385 e. The molecule has 1 atom stereocenters. The number of nitrogens with one attached hydrogen (secondary N) is 1. The molecule has 0 amide bonds. The molecular weight excluding hydrogens is 254 g/mol. The van der Waals surface area contributed by atoms with Crippen LogP contribution in [0.2, 0.25) is 0 Å². The fourth-order valence-electron chi connectivity index (χ4n) is 2.48. The maximum absolute atomic E-state index is 5.73. The Hall–Kier alpha value is -0.160. The second kappa shape index (κ2) is 8.98. The molecule has 1 saturated heterocycles. The van der Waals surface area contributed by atoms with E-state index in [0.29, 0.717) is 0 Å². The van der Waals surface area contributed by atoms with Crippen molar-refractivity contribution in [3.63, 3.8) is 0 Å². The van der Waals surface area contributed by atoms with Gasteiger partial charge in [0, 0.05) is 51.0 Å². The smallest absolute Gasteiger partial charge is 0.0535 e. The van der Waals surface area contributed by atoms with E-state index in [9.17, 15) is 0 Å². The Bertz CT molecular complexity index is 245. The van der Waals surface area contributed by atoms with Crippen molar-refractivity contribution in [2.24, 2.45) is 5.41 Å². The molecule has 0 radical (unpaired) electrons. The number of hydrogen-bond acceptors (Lipinski definition) is 4. The van der Waals surface area contributed by atoms with Crippen molar-refractivity contribution in [2.45, 2.75) is 52.0 Å². The van der Waals surface area contributed by atoms with E-state index in [2.05, 4.69) is 26.1 Å². The lowest BCUT2D eigenvalue weighted by Crippen LogP contribution is -2.47. The summed E-state index contributed by atoms with van der Waals surface area (Å²) in [6.07, 6.45) is 4.44. The third-order valence-corrected chi connectivity index (χ3v) is 3.81. The van der Waals surface area contributed by atoms with Crippen LogP contribution in [-0.2, 0) is 14.2 Å². The molecule has 120 valence electrons. The molecule has 0 aromatic rings. The SMILES string of the molecule is COCCCOCCC1(CNC(C)(C)C)CCCOC1. The molecule has 0 spiro atoms. The largest absolute Gasteiger partial charge is 0.385 e. The predicted octanol–water partition coefficient (Wildman–Crippen LogP) is 2.61. The average molecular weight is 287 g/mol. The average Bonchev–Trinajstić information content (AvgIpc) is 2.41. The van der Waals surface area contributed by atoms with Gasteiger partial charge in [-0.25, -0.2) is 0 Å². The van der Waals surface area contributed by atoms with Crippen LogP contribution in [0, 0.1) is 5.41 Å². The van der Waals surface area contributed by atoms with Crippen molar-refractivity contribution in [1.82, 2.24) is 5.32 Å². The van der Waals surface area contributed by atoms with Crippen LogP contribution in [0.1, 0.15) is 46.5 Å². The van der Waals surface area contributed by atoms with E-state index in [1.807, 2.05) is 0 Å². The maximum atomic E-state index is 5.73. The van der Waals surface area contributed by atoms with Gasteiger partial charge in [-0.1, -0.05) is 0 Å². The quantitative estimate of drug-likeness (QED) is 0.662. The van der Waals surface area contributed by atoms with E-state index in [-0.39, 0.29) is 11.0 Å². The maximum Gasteiger partial charge on any atom is 0.0535 e. The van der Waals surface area contributed by atoms with E-state index in [4.69, 9.17) is 14.2 Å². The minimum absolute atomic E-state index is 0.157. The molecular formula is C16H33NO3. The van der Waals surface area contributed by atoms with Crippen molar-refractivity contribution in [3.05, 3.63) is 0 Å². The molecule has 1 fully saturated rings. The highest BCUT2D eigenvalue weighted by Crippen LogP contribution is 2.32. The zero-order chi connectivity index (χ0) is 14.9. The second-order valence-corrected chi connectivity index (χ2v) is 6.97. The monoisotopic (exact) mass is 287 g/mol. The summed E-state index contributed by atoms with van der Waals surface area (Å²) in [5.74, 6) is 0. The van der Waals surface area contributed by atoms with Gasteiger partial charge in [-0.15, -0.1) is 0 Å². The first-order valence-corrected chi connectivity index (χ1v) is 7.87. The second-order valence-electron chi connectivity index (χ2n) is 6.97. The molecule has 0 aliphatic carbocycles. The van der Waals surface area contributed by atoms with Crippen LogP contribution < -0.4 is 5.32 Å². The van der Waals surface area contributed by atoms with E-state index in [1.54, 1.807) is 7.11 Å². The number of methoxy groups -OCH3 is 1. The third-order valence-electron chi connectivity index (χ3n) is 3.81. The molecule has 0 aromatic heterocycles. The standard InChI is InChI=1S/C16H33NO3/c1-15(2,3)17-13-16(7-5-10-20-14-16)8-12-19-11-6-9-18-4/h17H,5-14H2,1-4H3. The van der Waals surface area contributed by atoms with E-state index in [0.717, 1.165) is 58.8 Å². The van der Waals surface area contributed by atoms with Gasteiger partial charge in [0.05, 0.1) is 6.61 Å². The Morgan fingerprint density at radius 1 is 1.20 bits per heavy atom. The zero-order valence-electron chi connectivity index (χ0n) is 13.8. The first-order chi connectivity index (χ1) is 9.47. The topological polar surface area (TPSA) is 39.7 Å². The Morgan fingerprint density at radius 3 is 2.60 bits per heavy atom. The molecule has 20 heavy (non-hydrogen) atoms. The molecule has 1 aliphatic rings. The molecule has 1 rings (SSSR count). The van der Waals surface area contributed by atoms with Crippen LogP contribution in [0.15, 0.2) is 0 Å². The molecule has 0 aromatic carbocycles. The number of ether oxygens (including phenoxy) is 3. The van der Waals surface area contributed by atoms with Gasteiger partial charge in [0.2, 0.25) is 0 Å². The van der Waals surface area contributed by atoms with Crippen molar-refractivity contribution in [2.75, 3.05) is 46.7 Å². The van der Waals surface area contributed by atoms with Crippen LogP contribution in [0.5, 0.6) is 0 Å². The lowest BCUT2D eigenvalue weighted by Gasteiger charge is -2.39. The first-order valence-electron chi connectivity index (χ1n) is 7.87. The minimum atomic E-state index is 0.157. The zero-order valence-corrected chi connectivity index (χ0v) is 13.8. The normalized spacial score (nSPS) is 24.0. The summed E-state index contributed by atoms with van der Waals surface area (Å²) < 4.78 is 16.5. The van der Waals surface area contributed by atoms with E-state index in [1.165, 1.54) is 6.42 Å². The predicted molar refractivity (Wildman–Crippen MR) is 82.2 cm³/mol. The summed E-state index contributed by atoms with van der Waals surface area (Å²) in [4.78, 5) is 0. The Morgan fingerprint density at radius 2 is 2.00 bits per heavy atom. The van der Waals surface area contributed by atoms with Gasteiger partial charge in [0.15, 0.2) is 0 Å². The Kier molecular flexibility index (Phi) is 8.03. The van der Waals surface area contributed by atoms with E-state index < -0.39 is 0 Å². The molecule has 4 nitrogen and oxygen atoms in total. The fraction of sp³-hybridized carbons (Fsp3) is 1.00. The van der Waals surface area contributed by atoms with Crippen LogP contribution in [0.3, 0.4) is 0 Å². The summed E-state index contributed by atoms with van der Waals surface area (Å²) in [6, 6.07) is 0. The van der Waals surface area contributed by atoms with Gasteiger partial charge >= 0.3 is 0 Å². The van der Waals surface area contributed by atoms with Gasteiger partial charge in [0.1, 0.15) is 0 Å². The van der Waals surface area contributed by atoms with Crippen molar-refractivity contribution in [3.8, 4) is 0 Å². The molecule has 1 N–H and O–H groups in total.